The maximum Gasteiger partial charge on any atom is 0.264 e. The monoisotopic (exact) mass is 476 g/mol. The van der Waals surface area contributed by atoms with Crippen molar-refractivity contribution in [1.29, 1.82) is 0 Å². The van der Waals surface area contributed by atoms with E-state index in [0.717, 1.165) is 16.7 Å². The molecule has 0 saturated carbocycles. The number of carbonyl (C=O) groups excluding carboxylic acids is 1. The Balaban J connectivity index is 1.47. The van der Waals surface area contributed by atoms with Crippen LogP contribution in [0.2, 0.25) is 0 Å². The van der Waals surface area contributed by atoms with Gasteiger partial charge in [0.1, 0.15) is 5.75 Å². The van der Waals surface area contributed by atoms with Gasteiger partial charge in [-0.25, -0.2) is 8.42 Å². The first-order valence-electron chi connectivity index (χ1n) is 11.3. The van der Waals surface area contributed by atoms with Crippen LogP contribution in [0.5, 0.6) is 5.75 Å². The summed E-state index contributed by atoms with van der Waals surface area (Å²) in [6.45, 7) is 3.01. The molecular weight excluding hydrogens is 448 g/mol. The van der Waals surface area contributed by atoms with Gasteiger partial charge in [-0.2, -0.15) is 0 Å². The highest BCUT2D eigenvalue weighted by Crippen LogP contribution is 2.26. The smallest absolute Gasteiger partial charge is 0.264 e. The molecule has 0 radical (unpaired) electrons. The Kier molecular flexibility index (Phi) is 7.03. The standard InChI is InChI=1S/C27H28N2O4S/c1-21-7-13-26(14-8-21)34(32,33)29(24-5-3-2-4-6-24)20-17-27(31)28-18-15-23(16-19-28)22-9-11-25(30)12-10-22/h2-15,30H,16-20H2,1H3. The third-order valence-electron chi connectivity index (χ3n) is 5.98. The van der Waals surface area contributed by atoms with Crippen molar-refractivity contribution in [2.75, 3.05) is 23.9 Å². The van der Waals surface area contributed by atoms with Crippen LogP contribution in [0.25, 0.3) is 5.57 Å². The SMILES string of the molecule is Cc1ccc(S(=O)(=O)N(CCC(=O)N2CC=C(c3ccc(O)cc3)CC2)c2ccccc2)cc1. The fraction of sp³-hybridized carbons (Fsp3) is 0.222. The minimum absolute atomic E-state index is 0.0596. The Morgan fingerprint density at radius 2 is 1.65 bits per heavy atom. The van der Waals surface area contributed by atoms with Crippen LogP contribution >= 0.6 is 0 Å². The molecule has 1 aliphatic rings. The molecule has 1 aliphatic heterocycles. The molecule has 0 fully saturated rings. The number of hydrogen-bond donors (Lipinski definition) is 1. The molecule has 0 bridgehead atoms. The molecule has 0 saturated heterocycles. The van der Waals surface area contributed by atoms with Crippen LogP contribution in [0.3, 0.4) is 0 Å². The van der Waals surface area contributed by atoms with E-state index >= 15 is 0 Å². The summed E-state index contributed by atoms with van der Waals surface area (Å²) in [5, 5.41) is 9.48. The van der Waals surface area contributed by atoms with Gasteiger partial charge in [-0.3, -0.25) is 9.10 Å². The van der Waals surface area contributed by atoms with Crippen molar-refractivity contribution in [2.45, 2.75) is 24.7 Å². The highest BCUT2D eigenvalue weighted by atomic mass is 32.2. The number of anilines is 1. The Labute approximate surface area is 200 Å². The summed E-state index contributed by atoms with van der Waals surface area (Å²) in [5.74, 6) is 0.140. The lowest BCUT2D eigenvalue weighted by atomic mass is 9.99. The first-order valence-corrected chi connectivity index (χ1v) is 12.7. The van der Waals surface area contributed by atoms with E-state index in [-0.39, 0.29) is 29.5 Å². The van der Waals surface area contributed by atoms with Crippen molar-refractivity contribution in [2.24, 2.45) is 0 Å². The summed E-state index contributed by atoms with van der Waals surface area (Å²) in [4.78, 5) is 14.9. The summed E-state index contributed by atoms with van der Waals surface area (Å²) in [7, 11) is -3.82. The van der Waals surface area contributed by atoms with Gasteiger partial charge >= 0.3 is 0 Å². The largest absolute Gasteiger partial charge is 0.508 e. The number of hydrogen-bond acceptors (Lipinski definition) is 4. The molecule has 176 valence electrons. The molecule has 1 amide bonds. The van der Waals surface area contributed by atoms with E-state index in [1.807, 2.05) is 31.2 Å². The van der Waals surface area contributed by atoms with E-state index in [9.17, 15) is 18.3 Å². The van der Waals surface area contributed by atoms with Gasteiger partial charge in [0.2, 0.25) is 5.91 Å². The Hall–Kier alpha value is -3.58. The van der Waals surface area contributed by atoms with E-state index in [0.29, 0.717) is 25.2 Å². The molecule has 1 heterocycles. The predicted octanol–water partition coefficient (Wildman–Crippen LogP) is 4.60. The zero-order valence-corrected chi connectivity index (χ0v) is 19.9. The maximum absolute atomic E-state index is 13.4. The summed E-state index contributed by atoms with van der Waals surface area (Å²) in [6, 6.07) is 22.7. The number of sulfonamides is 1. The number of phenolic OH excluding ortho intramolecular Hbond substituents is 1. The van der Waals surface area contributed by atoms with Gasteiger partial charge in [0, 0.05) is 26.1 Å². The zero-order chi connectivity index (χ0) is 24.1. The molecule has 0 unspecified atom stereocenters. The number of rotatable bonds is 7. The molecule has 0 spiro atoms. The molecule has 0 aliphatic carbocycles. The molecule has 3 aromatic rings. The molecule has 0 aromatic heterocycles. The number of carbonyl (C=O) groups is 1. The molecule has 34 heavy (non-hydrogen) atoms. The van der Waals surface area contributed by atoms with Gasteiger partial charge < -0.3 is 10.0 Å². The van der Waals surface area contributed by atoms with Crippen molar-refractivity contribution >= 4 is 27.2 Å². The minimum Gasteiger partial charge on any atom is -0.508 e. The van der Waals surface area contributed by atoms with Crippen LogP contribution in [-0.4, -0.2) is 44.0 Å². The van der Waals surface area contributed by atoms with E-state index in [1.54, 1.807) is 65.6 Å². The van der Waals surface area contributed by atoms with E-state index in [2.05, 4.69) is 0 Å². The van der Waals surface area contributed by atoms with E-state index in [1.165, 1.54) is 4.31 Å². The summed E-state index contributed by atoms with van der Waals surface area (Å²) < 4.78 is 28.2. The minimum atomic E-state index is -3.82. The average molecular weight is 477 g/mol. The van der Waals surface area contributed by atoms with Crippen molar-refractivity contribution in [3.63, 3.8) is 0 Å². The second-order valence-corrected chi connectivity index (χ2v) is 10.2. The van der Waals surface area contributed by atoms with Crippen molar-refractivity contribution in [3.05, 3.63) is 96.1 Å². The lowest BCUT2D eigenvalue weighted by molar-refractivity contribution is -0.130. The van der Waals surface area contributed by atoms with Crippen LogP contribution in [-0.2, 0) is 14.8 Å². The number of phenols is 1. The van der Waals surface area contributed by atoms with Crippen LogP contribution in [0.4, 0.5) is 5.69 Å². The molecule has 6 nitrogen and oxygen atoms in total. The fourth-order valence-electron chi connectivity index (χ4n) is 4.01. The molecular formula is C27H28N2O4S. The molecule has 1 N–H and O–H groups in total. The van der Waals surface area contributed by atoms with Gasteiger partial charge in [-0.15, -0.1) is 0 Å². The Morgan fingerprint density at radius 3 is 2.26 bits per heavy atom. The first-order chi connectivity index (χ1) is 16.3. The average Bonchev–Trinajstić information content (AvgIpc) is 2.85. The van der Waals surface area contributed by atoms with Gasteiger partial charge in [0.25, 0.3) is 10.0 Å². The third-order valence-corrected chi connectivity index (χ3v) is 7.82. The molecule has 3 aromatic carbocycles. The van der Waals surface area contributed by atoms with Crippen LogP contribution in [0.1, 0.15) is 24.0 Å². The highest BCUT2D eigenvalue weighted by Gasteiger charge is 2.27. The van der Waals surface area contributed by atoms with E-state index in [4.69, 9.17) is 0 Å². The zero-order valence-electron chi connectivity index (χ0n) is 19.1. The number of amides is 1. The van der Waals surface area contributed by atoms with Crippen molar-refractivity contribution in [1.82, 2.24) is 4.90 Å². The van der Waals surface area contributed by atoms with Crippen LogP contribution in [0.15, 0.2) is 89.8 Å². The number of nitrogens with zero attached hydrogens (tertiary/aromatic N) is 2. The Bertz CT molecular complexity index is 1270. The van der Waals surface area contributed by atoms with E-state index < -0.39 is 10.0 Å². The second-order valence-electron chi connectivity index (χ2n) is 8.34. The third kappa shape index (κ3) is 5.31. The summed E-state index contributed by atoms with van der Waals surface area (Å²) in [5.41, 5.74) is 3.68. The van der Waals surface area contributed by atoms with Gasteiger partial charge in [-0.05, 0) is 60.9 Å². The predicted molar refractivity (Wildman–Crippen MR) is 134 cm³/mol. The Morgan fingerprint density at radius 1 is 0.971 bits per heavy atom. The fourth-order valence-corrected chi connectivity index (χ4v) is 5.47. The first kappa shape index (κ1) is 23.6. The lowest BCUT2D eigenvalue weighted by Gasteiger charge is -2.29. The van der Waals surface area contributed by atoms with Crippen LogP contribution in [0, 0.1) is 6.92 Å². The highest BCUT2D eigenvalue weighted by molar-refractivity contribution is 7.92. The summed E-state index contributed by atoms with van der Waals surface area (Å²) in [6.07, 6.45) is 2.81. The number of aromatic hydroxyl groups is 1. The second kappa shape index (κ2) is 10.1. The van der Waals surface area contributed by atoms with Gasteiger partial charge in [-0.1, -0.05) is 54.1 Å². The topological polar surface area (TPSA) is 77.9 Å². The van der Waals surface area contributed by atoms with Gasteiger partial charge in [0.15, 0.2) is 0 Å². The number of aryl methyl sites for hydroxylation is 1. The number of benzene rings is 3. The quantitative estimate of drug-likeness (QED) is 0.541. The lowest BCUT2D eigenvalue weighted by Crippen LogP contribution is -2.39. The van der Waals surface area contributed by atoms with Crippen molar-refractivity contribution < 1.29 is 18.3 Å². The van der Waals surface area contributed by atoms with Gasteiger partial charge in [0.05, 0.1) is 10.6 Å². The van der Waals surface area contributed by atoms with Crippen molar-refractivity contribution in [3.8, 4) is 5.75 Å². The maximum atomic E-state index is 13.4. The van der Waals surface area contributed by atoms with Crippen LogP contribution < -0.4 is 4.31 Å². The molecule has 7 heteroatoms. The summed E-state index contributed by atoms with van der Waals surface area (Å²) >= 11 is 0. The normalized spacial score (nSPS) is 13.9. The molecule has 4 rings (SSSR count). The molecule has 0 atom stereocenters. The number of para-hydroxylation sites is 1.